The minimum absolute atomic E-state index is 0. The van der Waals surface area contributed by atoms with Crippen LogP contribution in [0.4, 0.5) is 5.69 Å². The van der Waals surface area contributed by atoms with Crippen molar-refractivity contribution in [2.45, 2.75) is 63.2 Å². The van der Waals surface area contributed by atoms with Gasteiger partial charge in [0, 0.05) is 17.8 Å². The number of nitrogens with one attached hydrogen (secondary N) is 2. The number of ether oxygens (including phenoxy) is 1. The molecule has 0 aliphatic carbocycles. The highest BCUT2D eigenvalue weighted by Crippen LogP contribution is 2.26. The molecule has 26 heavy (non-hydrogen) atoms. The number of nitrogens with two attached hydrogens (primary N) is 1. The van der Waals surface area contributed by atoms with Crippen LogP contribution in [0.3, 0.4) is 0 Å². The number of sulfonamides is 1. The Hall–Kier alpha value is -1.19. The summed E-state index contributed by atoms with van der Waals surface area (Å²) in [6, 6.07) is 4.81. The highest BCUT2D eigenvalue weighted by Gasteiger charge is 2.30. The van der Waals surface area contributed by atoms with Crippen LogP contribution in [0, 0.1) is 6.92 Å². The molecular weight excluding hydrogens is 378 g/mol. The number of anilines is 1. The summed E-state index contributed by atoms with van der Waals surface area (Å²) < 4.78 is 33.4. The third kappa shape index (κ3) is 5.65. The van der Waals surface area contributed by atoms with Crippen LogP contribution < -0.4 is 15.8 Å². The molecular formula is C17H28ClN3O4S. The Morgan fingerprint density at radius 3 is 2.50 bits per heavy atom. The number of amides is 1. The smallest absolute Gasteiger partial charge is 0.253 e. The van der Waals surface area contributed by atoms with Crippen LogP contribution in [0.25, 0.3) is 0 Å². The van der Waals surface area contributed by atoms with Crippen molar-refractivity contribution in [1.29, 1.82) is 0 Å². The van der Waals surface area contributed by atoms with E-state index in [1.54, 1.807) is 39.8 Å². The summed E-state index contributed by atoms with van der Waals surface area (Å²) in [5.74, 6) is -0.280. The summed E-state index contributed by atoms with van der Waals surface area (Å²) in [7, 11) is -3.69. The summed E-state index contributed by atoms with van der Waals surface area (Å²) in [5.41, 5.74) is 5.91. The van der Waals surface area contributed by atoms with Crippen molar-refractivity contribution in [3.05, 3.63) is 23.8 Å². The zero-order chi connectivity index (χ0) is 18.8. The van der Waals surface area contributed by atoms with Gasteiger partial charge in [0.15, 0.2) is 0 Å². The molecule has 1 aliphatic rings. The molecule has 2 atom stereocenters. The molecule has 4 N–H and O–H groups in total. The summed E-state index contributed by atoms with van der Waals surface area (Å²) in [4.78, 5) is 12.5. The average Bonchev–Trinajstić information content (AvgIpc) is 2.95. The molecule has 0 unspecified atom stereocenters. The van der Waals surface area contributed by atoms with E-state index in [1.165, 1.54) is 6.07 Å². The van der Waals surface area contributed by atoms with Crippen LogP contribution in [0.2, 0.25) is 0 Å². The molecule has 0 bridgehead atoms. The second kappa shape index (κ2) is 8.67. The largest absolute Gasteiger partial charge is 0.364 e. The lowest BCUT2D eigenvalue weighted by Crippen LogP contribution is -2.40. The number of carbonyl (C=O) groups excluding carboxylic acids is 1. The Labute approximate surface area is 161 Å². The lowest BCUT2D eigenvalue weighted by Gasteiger charge is -2.22. The Balaban J connectivity index is 0.00000338. The van der Waals surface area contributed by atoms with E-state index in [1.807, 2.05) is 0 Å². The van der Waals surface area contributed by atoms with Gasteiger partial charge in [-0.3, -0.25) is 4.79 Å². The molecule has 0 spiro atoms. The first-order valence-corrected chi connectivity index (χ1v) is 9.82. The zero-order valence-corrected chi connectivity index (χ0v) is 17.2. The molecule has 1 heterocycles. The quantitative estimate of drug-likeness (QED) is 0.693. The maximum Gasteiger partial charge on any atom is 0.253 e. The van der Waals surface area contributed by atoms with Crippen molar-refractivity contribution in [2.24, 2.45) is 5.73 Å². The first kappa shape index (κ1) is 22.9. The molecule has 2 rings (SSSR count). The van der Waals surface area contributed by atoms with Crippen molar-refractivity contribution in [2.75, 3.05) is 11.9 Å². The van der Waals surface area contributed by atoms with Gasteiger partial charge in [-0.1, -0.05) is 6.07 Å². The Morgan fingerprint density at radius 1 is 1.31 bits per heavy atom. The third-order valence-electron chi connectivity index (χ3n) is 3.93. The van der Waals surface area contributed by atoms with Crippen LogP contribution in [0.15, 0.2) is 23.1 Å². The number of carbonyl (C=O) groups is 1. The topological polar surface area (TPSA) is 111 Å². The zero-order valence-electron chi connectivity index (χ0n) is 15.5. The predicted octanol–water partition coefficient (Wildman–Crippen LogP) is 1.94. The Bertz CT molecular complexity index is 747. The molecule has 0 aromatic heterocycles. The van der Waals surface area contributed by atoms with Gasteiger partial charge in [-0.15, -0.1) is 12.4 Å². The van der Waals surface area contributed by atoms with Crippen LogP contribution in [-0.2, 0) is 19.6 Å². The van der Waals surface area contributed by atoms with Gasteiger partial charge in [0.25, 0.3) is 5.91 Å². The minimum atomic E-state index is -3.69. The molecule has 1 aromatic carbocycles. The van der Waals surface area contributed by atoms with Gasteiger partial charge in [0.05, 0.1) is 11.0 Å². The summed E-state index contributed by atoms with van der Waals surface area (Å²) in [6.45, 7) is 7.38. The van der Waals surface area contributed by atoms with Crippen molar-refractivity contribution >= 4 is 34.0 Å². The molecule has 0 radical (unpaired) electrons. The van der Waals surface area contributed by atoms with E-state index in [9.17, 15) is 13.2 Å². The highest BCUT2D eigenvalue weighted by atomic mass is 35.5. The maximum atomic E-state index is 12.6. The van der Waals surface area contributed by atoms with Crippen LogP contribution in [0.5, 0.6) is 0 Å². The van der Waals surface area contributed by atoms with Crippen LogP contribution >= 0.6 is 12.4 Å². The van der Waals surface area contributed by atoms with Crippen molar-refractivity contribution in [3.63, 3.8) is 0 Å². The van der Waals surface area contributed by atoms with E-state index < -0.39 is 21.7 Å². The standard InChI is InChI=1S/C17H27N3O4S.ClH/c1-11-13(19-16(21)14-9-8-12(10-18)24-14)6-5-7-15(11)25(22,23)20-17(2,3)4;/h5-7,12,14,20H,8-10,18H2,1-4H3,(H,19,21);1H/t12-,14+;/m1./s1. The molecule has 0 saturated carbocycles. The van der Waals surface area contributed by atoms with E-state index in [4.69, 9.17) is 10.5 Å². The number of halogens is 1. The second-order valence-corrected chi connectivity index (χ2v) is 8.98. The first-order valence-electron chi connectivity index (χ1n) is 8.33. The van der Waals surface area contributed by atoms with E-state index >= 15 is 0 Å². The lowest BCUT2D eigenvalue weighted by molar-refractivity contribution is -0.126. The van der Waals surface area contributed by atoms with E-state index in [-0.39, 0.29) is 29.3 Å². The highest BCUT2D eigenvalue weighted by molar-refractivity contribution is 7.89. The SMILES string of the molecule is Cc1c(NC(=O)[C@@H]2CC[C@H](CN)O2)cccc1S(=O)(=O)NC(C)(C)C.Cl. The predicted molar refractivity (Wildman–Crippen MR) is 104 cm³/mol. The fourth-order valence-electron chi connectivity index (χ4n) is 2.78. The number of rotatable bonds is 5. The summed E-state index contributed by atoms with van der Waals surface area (Å²) in [5, 5.41) is 2.78. The Kier molecular flexibility index (Phi) is 7.62. The van der Waals surface area contributed by atoms with Crippen LogP contribution in [-0.4, -0.2) is 38.6 Å². The fourth-order valence-corrected chi connectivity index (χ4v) is 4.47. The van der Waals surface area contributed by atoms with Crippen LogP contribution in [0.1, 0.15) is 39.2 Å². The van der Waals surface area contributed by atoms with Gasteiger partial charge in [-0.2, -0.15) is 0 Å². The van der Waals surface area contributed by atoms with Gasteiger partial charge in [0.1, 0.15) is 6.10 Å². The maximum absolute atomic E-state index is 12.6. The monoisotopic (exact) mass is 405 g/mol. The lowest BCUT2D eigenvalue weighted by atomic mass is 10.1. The van der Waals surface area contributed by atoms with E-state index in [0.717, 1.165) is 6.42 Å². The molecule has 1 aliphatic heterocycles. The number of hydrogen-bond donors (Lipinski definition) is 3. The molecule has 1 fully saturated rings. The second-order valence-electron chi connectivity index (χ2n) is 7.33. The fraction of sp³-hybridized carbons (Fsp3) is 0.588. The first-order chi connectivity index (χ1) is 11.5. The third-order valence-corrected chi connectivity index (χ3v) is 5.84. The van der Waals surface area contributed by atoms with E-state index in [2.05, 4.69) is 10.0 Å². The molecule has 1 saturated heterocycles. The molecule has 7 nitrogen and oxygen atoms in total. The van der Waals surface area contributed by atoms with Crippen molar-refractivity contribution in [1.82, 2.24) is 4.72 Å². The van der Waals surface area contributed by atoms with Gasteiger partial charge < -0.3 is 15.8 Å². The van der Waals surface area contributed by atoms with Gasteiger partial charge in [-0.25, -0.2) is 13.1 Å². The minimum Gasteiger partial charge on any atom is -0.364 e. The molecule has 9 heteroatoms. The number of hydrogen-bond acceptors (Lipinski definition) is 5. The van der Waals surface area contributed by atoms with Gasteiger partial charge in [0.2, 0.25) is 10.0 Å². The van der Waals surface area contributed by atoms with Gasteiger partial charge in [-0.05, 0) is 58.2 Å². The number of benzene rings is 1. The molecule has 1 aromatic rings. The van der Waals surface area contributed by atoms with Gasteiger partial charge >= 0.3 is 0 Å². The van der Waals surface area contributed by atoms with Crippen molar-refractivity contribution in [3.8, 4) is 0 Å². The van der Waals surface area contributed by atoms with Crippen molar-refractivity contribution < 1.29 is 17.9 Å². The Morgan fingerprint density at radius 2 is 1.96 bits per heavy atom. The molecule has 148 valence electrons. The average molecular weight is 406 g/mol. The summed E-state index contributed by atoms with van der Waals surface area (Å²) in [6.07, 6.45) is 0.703. The summed E-state index contributed by atoms with van der Waals surface area (Å²) >= 11 is 0. The normalized spacial score (nSPS) is 20.5. The molecule has 1 amide bonds. The van der Waals surface area contributed by atoms with E-state index in [0.29, 0.717) is 24.2 Å².